The average molecular weight is 279 g/mol. The molecule has 1 aromatic carbocycles. The molecule has 4 nitrogen and oxygen atoms in total. The summed E-state index contributed by atoms with van der Waals surface area (Å²) in [7, 11) is 0. The minimum atomic E-state index is -0.931. The molecule has 1 aliphatic rings. The van der Waals surface area contributed by atoms with Gasteiger partial charge in [0, 0.05) is 11.5 Å². The normalized spacial score (nSPS) is 22.9. The van der Waals surface area contributed by atoms with Gasteiger partial charge in [0.1, 0.15) is 12.1 Å². The Morgan fingerprint density at radius 3 is 2.65 bits per heavy atom. The van der Waals surface area contributed by atoms with Gasteiger partial charge in [-0.1, -0.05) is 12.8 Å². The van der Waals surface area contributed by atoms with Crippen LogP contribution < -0.4 is 5.32 Å². The van der Waals surface area contributed by atoms with Crippen molar-refractivity contribution >= 4 is 16.7 Å². The fourth-order valence-corrected chi connectivity index (χ4v) is 2.62. The SMILES string of the molecule is O[C@H]1CCCC[C@@H]1Nc1ncnc2cc(F)c(F)cc12. The second kappa shape index (κ2) is 5.28. The number of aliphatic hydroxyl groups is 1. The molecule has 3 rings (SSSR count). The van der Waals surface area contributed by atoms with Crippen LogP contribution in [0.25, 0.3) is 10.9 Å². The summed E-state index contributed by atoms with van der Waals surface area (Å²) in [6.45, 7) is 0. The highest BCUT2D eigenvalue weighted by Gasteiger charge is 2.24. The van der Waals surface area contributed by atoms with E-state index in [1.54, 1.807) is 0 Å². The Bertz CT molecular complexity index is 635. The summed E-state index contributed by atoms with van der Waals surface area (Å²) in [5.74, 6) is -1.43. The van der Waals surface area contributed by atoms with Gasteiger partial charge in [0.05, 0.1) is 17.7 Å². The van der Waals surface area contributed by atoms with Crippen LogP contribution in [0.15, 0.2) is 18.5 Å². The van der Waals surface area contributed by atoms with Crippen LogP contribution in [0.2, 0.25) is 0 Å². The summed E-state index contributed by atoms with van der Waals surface area (Å²) in [6, 6.07) is 2.02. The monoisotopic (exact) mass is 279 g/mol. The first-order valence-corrected chi connectivity index (χ1v) is 6.69. The number of hydrogen-bond donors (Lipinski definition) is 2. The third kappa shape index (κ3) is 2.43. The van der Waals surface area contributed by atoms with E-state index in [1.807, 2.05) is 0 Å². The molecule has 0 radical (unpaired) electrons. The van der Waals surface area contributed by atoms with Crippen molar-refractivity contribution in [2.24, 2.45) is 0 Å². The van der Waals surface area contributed by atoms with Gasteiger partial charge in [0.25, 0.3) is 0 Å². The summed E-state index contributed by atoms with van der Waals surface area (Å²) in [5, 5.41) is 13.5. The number of fused-ring (bicyclic) bond motifs is 1. The van der Waals surface area contributed by atoms with E-state index in [2.05, 4.69) is 15.3 Å². The van der Waals surface area contributed by atoms with Gasteiger partial charge in [-0.15, -0.1) is 0 Å². The van der Waals surface area contributed by atoms with E-state index in [1.165, 1.54) is 6.33 Å². The first kappa shape index (κ1) is 13.2. The third-order valence-corrected chi connectivity index (χ3v) is 3.73. The smallest absolute Gasteiger partial charge is 0.161 e. The Kier molecular flexibility index (Phi) is 3.48. The average Bonchev–Trinajstić information content (AvgIpc) is 2.43. The van der Waals surface area contributed by atoms with E-state index >= 15 is 0 Å². The Morgan fingerprint density at radius 2 is 1.85 bits per heavy atom. The molecule has 20 heavy (non-hydrogen) atoms. The molecule has 106 valence electrons. The molecule has 0 amide bonds. The minimum Gasteiger partial charge on any atom is -0.391 e. The van der Waals surface area contributed by atoms with Crippen LogP contribution in [0.3, 0.4) is 0 Å². The molecule has 2 atom stereocenters. The molecule has 1 saturated carbocycles. The zero-order valence-corrected chi connectivity index (χ0v) is 10.8. The van der Waals surface area contributed by atoms with Gasteiger partial charge in [0.2, 0.25) is 0 Å². The predicted octanol–water partition coefficient (Wildman–Crippen LogP) is 2.62. The number of benzene rings is 1. The lowest BCUT2D eigenvalue weighted by molar-refractivity contribution is 0.116. The Morgan fingerprint density at radius 1 is 1.10 bits per heavy atom. The maximum atomic E-state index is 13.4. The Balaban J connectivity index is 1.96. The molecule has 0 unspecified atom stereocenters. The number of nitrogens with one attached hydrogen (secondary N) is 1. The van der Waals surface area contributed by atoms with Crippen LogP contribution in [-0.4, -0.2) is 27.2 Å². The summed E-state index contributed by atoms with van der Waals surface area (Å²) >= 11 is 0. The van der Waals surface area contributed by atoms with Gasteiger partial charge >= 0.3 is 0 Å². The molecule has 0 bridgehead atoms. The molecule has 0 aliphatic heterocycles. The molecule has 1 fully saturated rings. The zero-order valence-electron chi connectivity index (χ0n) is 10.8. The first-order chi connectivity index (χ1) is 9.65. The number of hydrogen-bond acceptors (Lipinski definition) is 4. The van der Waals surface area contributed by atoms with Gasteiger partial charge in [-0.3, -0.25) is 0 Å². The fourth-order valence-electron chi connectivity index (χ4n) is 2.62. The topological polar surface area (TPSA) is 58.0 Å². The van der Waals surface area contributed by atoms with Gasteiger partial charge < -0.3 is 10.4 Å². The molecule has 2 N–H and O–H groups in total. The van der Waals surface area contributed by atoms with Crippen molar-refractivity contribution in [3.05, 3.63) is 30.1 Å². The van der Waals surface area contributed by atoms with Crippen molar-refractivity contribution < 1.29 is 13.9 Å². The molecule has 1 aromatic heterocycles. The summed E-state index contributed by atoms with van der Waals surface area (Å²) in [4.78, 5) is 8.02. The van der Waals surface area contributed by atoms with Gasteiger partial charge in [-0.2, -0.15) is 0 Å². The maximum Gasteiger partial charge on any atom is 0.161 e. The number of rotatable bonds is 2. The first-order valence-electron chi connectivity index (χ1n) is 6.69. The number of halogens is 2. The van der Waals surface area contributed by atoms with E-state index in [4.69, 9.17) is 0 Å². The van der Waals surface area contributed by atoms with Crippen LogP contribution >= 0.6 is 0 Å². The summed E-state index contributed by atoms with van der Waals surface area (Å²) in [5.41, 5.74) is 0.340. The van der Waals surface area contributed by atoms with Crippen LogP contribution in [0, 0.1) is 11.6 Å². The number of aliphatic hydroxyl groups excluding tert-OH is 1. The van der Waals surface area contributed by atoms with Crippen molar-refractivity contribution in [2.75, 3.05) is 5.32 Å². The van der Waals surface area contributed by atoms with Crippen LogP contribution in [0.1, 0.15) is 25.7 Å². The van der Waals surface area contributed by atoms with Gasteiger partial charge in [-0.05, 0) is 18.9 Å². The lowest BCUT2D eigenvalue weighted by Gasteiger charge is -2.29. The van der Waals surface area contributed by atoms with Crippen LogP contribution in [0.4, 0.5) is 14.6 Å². The predicted molar refractivity (Wildman–Crippen MR) is 71.3 cm³/mol. The van der Waals surface area contributed by atoms with E-state index in [-0.39, 0.29) is 6.04 Å². The third-order valence-electron chi connectivity index (χ3n) is 3.73. The van der Waals surface area contributed by atoms with Crippen molar-refractivity contribution in [3.63, 3.8) is 0 Å². The second-order valence-corrected chi connectivity index (χ2v) is 5.11. The molecule has 1 aliphatic carbocycles. The van der Waals surface area contributed by atoms with Crippen molar-refractivity contribution in [1.29, 1.82) is 0 Å². The standard InChI is InChI=1S/C14H15F2N3O/c15-9-5-8-12(6-10(9)16)17-7-18-14(8)19-11-3-1-2-4-13(11)20/h5-7,11,13,20H,1-4H2,(H,17,18,19)/t11-,13-/m0/s1. The van der Waals surface area contributed by atoms with E-state index in [9.17, 15) is 13.9 Å². The van der Waals surface area contributed by atoms with Crippen LogP contribution in [-0.2, 0) is 0 Å². The molecular weight excluding hydrogens is 264 g/mol. The van der Waals surface area contributed by atoms with Crippen molar-refractivity contribution in [2.45, 2.75) is 37.8 Å². The highest BCUT2D eigenvalue weighted by Crippen LogP contribution is 2.26. The summed E-state index contributed by atoms with van der Waals surface area (Å²) < 4.78 is 26.6. The largest absolute Gasteiger partial charge is 0.391 e. The molecule has 0 spiro atoms. The number of nitrogens with zero attached hydrogens (tertiary/aromatic N) is 2. The van der Waals surface area contributed by atoms with Crippen molar-refractivity contribution in [1.82, 2.24) is 9.97 Å². The highest BCUT2D eigenvalue weighted by atomic mass is 19.2. The van der Waals surface area contributed by atoms with Gasteiger partial charge in [0.15, 0.2) is 11.6 Å². The minimum absolute atomic E-state index is 0.116. The molecule has 2 aromatic rings. The van der Waals surface area contributed by atoms with E-state index in [0.717, 1.165) is 37.8 Å². The molecule has 0 saturated heterocycles. The molecule has 1 heterocycles. The van der Waals surface area contributed by atoms with E-state index < -0.39 is 17.7 Å². The second-order valence-electron chi connectivity index (χ2n) is 5.11. The highest BCUT2D eigenvalue weighted by molar-refractivity contribution is 5.89. The number of aromatic nitrogens is 2. The fraction of sp³-hybridized carbons (Fsp3) is 0.429. The zero-order chi connectivity index (χ0) is 14.1. The summed E-state index contributed by atoms with van der Waals surface area (Å²) in [6.07, 6.45) is 4.46. The van der Waals surface area contributed by atoms with Crippen molar-refractivity contribution in [3.8, 4) is 0 Å². The lowest BCUT2D eigenvalue weighted by atomic mass is 9.92. The lowest BCUT2D eigenvalue weighted by Crippen LogP contribution is -2.36. The van der Waals surface area contributed by atoms with E-state index in [0.29, 0.717) is 16.7 Å². The van der Waals surface area contributed by atoms with Gasteiger partial charge in [-0.25, -0.2) is 18.7 Å². The Labute approximate surface area is 114 Å². The quantitative estimate of drug-likeness (QED) is 0.887. The maximum absolute atomic E-state index is 13.4. The van der Waals surface area contributed by atoms with Crippen LogP contribution in [0.5, 0.6) is 0 Å². The Hall–Kier alpha value is -1.82. The molecule has 6 heteroatoms. The number of anilines is 1. The molecular formula is C14H15F2N3O.